The third-order valence-corrected chi connectivity index (χ3v) is 3.88. The minimum absolute atomic E-state index is 0.123. The van der Waals surface area contributed by atoms with Crippen LogP contribution >= 0.6 is 23.4 Å². The number of benzene rings is 1. The molecule has 94 valence electrons. The van der Waals surface area contributed by atoms with Gasteiger partial charge in [0, 0.05) is 11.8 Å². The van der Waals surface area contributed by atoms with E-state index in [4.69, 9.17) is 11.6 Å². The number of amides is 1. The molecule has 0 saturated heterocycles. The van der Waals surface area contributed by atoms with E-state index in [2.05, 4.69) is 12.2 Å². The fourth-order valence-electron chi connectivity index (χ4n) is 1.43. The minimum atomic E-state index is -0.606. The Kier molecular flexibility index (Phi) is 6.45. The summed E-state index contributed by atoms with van der Waals surface area (Å²) in [5, 5.41) is 2.31. The largest absolute Gasteiger partial charge is 0.351 e. The first-order valence-corrected chi connectivity index (χ1v) is 7.31. The summed E-state index contributed by atoms with van der Waals surface area (Å²) in [5.74, 6) is 1.85. The molecular weight excluding hydrogens is 254 g/mol. The molecule has 4 heteroatoms. The topological polar surface area (TPSA) is 29.1 Å². The van der Waals surface area contributed by atoms with E-state index in [-0.39, 0.29) is 11.9 Å². The van der Waals surface area contributed by atoms with Crippen LogP contribution in [0.25, 0.3) is 0 Å². The normalized spacial score (nSPS) is 14.1. The molecule has 0 spiro atoms. The molecule has 0 aliphatic rings. The van der Waals surface area contributed by atoms with Crippen LogP contribution in [0.2, 0.25) is 0 Å². The Balaban J connectivity index is 2.47. The first kappa shape index (κ1) is 14.4. The van der Waals surface area contributed by atoms with Gasteiger partial charge < -0.3 is 5.32 Å². The van der Waals surface area contributed by atoms with Crippen LogP contribution in [0, 0.1) is 0 Å². The zero-order valence-electron chi connectivity index (χ0n) is 10.2. The number of hydrogen-bond donors (Lipinski definition) is 1. The molecule has 1 amide bonds. The SMILES string of the molecule is CCSCC(C)NC(=O)C(Cl)c1ccccc1. The van der Waals surface area contributed by atoms with Crippen LogP contribution in [-0.2, 0) is 4.79 Å². The van der Waals surface area contributed by atoms with Crippen molar-refractivity contribution in [3.05, 3.63) is 35.9 Å². The van der Waals surface area contributed by atoms with Crippen molar-refractivity contribution in [2.75, 3.05) is 11.5 Å². The van der Waals surface area contributed by atoms with E-state index in [1.807, 2.05) is 49.0 Å². The summed E-state index contributed by atoms with van der Waals surface area (Å²) >= 11 is 7.92. The first-order chi connectivity index (χ1) is 8.15. The number of carbonyl (C=O) groups excluding carboxylic acids is 1. The number of thioether (sulfide) groups is 1. The Morgan fingerprint density at radius 3 is 2.65 bits per heavy atom. The second-order valence-electron chi connectivity index (χ2n) is 3.84. The van der Waals surface area contributed by atoms with Crippen LogP contribution < -0.4 is 5.32 Å². The van der Waals surface area contributed by atoms with E-state index in [0.29, 0.717) is 0 Å². The average Bonchev–Trinajstić information content (AvgIpc) is 2.36. The Morgan fingerprint density at radius 2 is 2.06 bits per heavy atom. The van der Waals surface area contributed by atoms with Gasteiger partial charge in [-0.2, -0.15) is 11.8 Å². The molecule has 0 aromatic heterocycles. The van der Waals surface area contributed by atoms with E-state index < -0.39 is 5.38 Å². The van der Waals surface area contributed by atoms with Crippen molar-refractivity contribution in [1.82, 2.24) is 5.32 Å². The number of nitrogens with one attached hydrogen (secondary N) is 1. The lowest BCUT2D eigenvalue weighted by atomic mass is 10.1. The first-order valence-electron chi connectivity index (χ1n) is 5.72. The molecule has 17 heavy (non-hydrogen) atoms. The van der Waals surface area contributed by atoms with Crippen LogP contribution in [0.15, 0.2) is 30.3 Å². The second kappa shape index (κ2) is 7.62. The predicted octanol–water partition coefficient (Wildman–Crippen LogP) is 3.22. The summed E-state index contributed by atoms with van der Waals surface area (Å²) in [7, 11) is 0. The van der Waals surface area contributed by atoms with E-state index >= 15 is 0 Å². The van der Waals surface area contributed by atoms with Gasteiger partial charge in [-0.25, -0.2) is 0 Å². The molecular formula is C13H18ClNOS. The van der Waals surface area contributed by atoms with Gasteiger partial charge in [-0.3, -0.25) is 4.79 Å². The molecule has 2 atom stereocenters. The summed E-state index contributed by atoms with van der Waals surface area (Å²) in [6.45, 7) is 4.10. The molecule has 0 bridgehead atoms. The Morgan fingerprint density at radius 1 is 1.41 bits per heavy atom. The summed E-state index contributed by atoms with van der Waals surface area (Å²) < 4.78 is 0. The van der Waals surface area contributed by atoms with Crippen LogP contribution in [-0.4, -0.2) is 23.5 Å². The smallest absolute Gasteiger partial charge is 0.242 e. The van der Waals surface area contributed by atoms with Gasteiger partial charge in [0.1, 0.15) is 5.38 Å². The maximum atomic E-state index is 11.9. The number of halogens is 1. The van der Waals surface area contributed by atoms with E-state index in [0.717, 1.165) is 17.1 Å². The Bertz CT molecular complexity index is 345. The lowest BCUT2D eigenvalue weighted by Crippen LogP contribution is -2.36. The van der Waals surface area contributed by atoms with Gasteiger partial charge in [0.25, 0.3) is 0 Å². The Labute approximate surface area is 112 Å². The fourth-order valence-corrected chi connectivity index (χ4v) is 2.31. The van der Waals surface area contributed by atoms with E-state index in [9.17, 15) is 4.79 Å². The van der Waals surface area contributed by atoms with Crippen molar-refractivity contribution >= 4 is 29.3 Å². The molecule has 0 radical (unpaired) electrons. The molecule has 1 aromatic carbocycles. The molecule has 2 unspecified atom stereocenters. The summed E-state index contributed by atoms with van der Waals surface area (Å²) in [4.78, 5) is 11.9. The number of hydrogen-bond acceptors (Lipinski definition) is 2. The van der Waals surface area contributed by atoms with Crippen molar-refractivity contribution in [2.24, 2.45) is 0 Å². The summed E-state index contributed by atoms with van der Waals surface area (Å²) in [5.41, 5.74) is 0.835. The van der Waals surface area contributed by atoms with E-state index in [1.165, 1.54) is 0 Å². The van der Waals surface area contributed by atoms with Crippen molar-refractivity contribution in [1.29, 1.82) is 0 Å². The molecule has 2 nitrogen and oxygen atoms in total. The van der Waals surface area contributed by atoms with Gasteiger partial charge >= 0.3 is 0 Å². The lowest BCUT2D eigenvalue weighted by Gasteiger charge is -2.16. The molecule has 1 N–H and O–H groups in total. The van der Waals surface area contributed by atoms with Crippen LogP contribution in [0.4, 0.5) is 0 Å². The molecule has 0 aliphatic carbocycles. The average molecular weight is 272 g/mol. The highest BCUT2D eigenvalue weighted by molar-refractivity contribution is 7.99. The maximum Gasteiger partial charge on any atom is 0.242 e. The fraction of sp³-hybridized carbons (Fsp3) is 0.462. The monoisotopic (exact) mass is 271 g/mol. The zero-order chi connectivity index (χ0) is 12.7. The van der Waals surface area contributed by atoms with Gasteiger partial charge in [0.2, 0.25) is 5.91 Å². The van der Waals surface area contributed by atoms with Gasteiger partial charge in [0.15, 0.2) is 0 Å². The molecule has 0 fully saturated rings. The van der Waals surface area contributed by atoms with Crippen LogP contribution in [0.5, 0.6) is 0 Å². The lowest BCUT2D eigenvalue weighted by molar-refractivity contribution is -0.121. The van der Waals surface area contributed by atoms with Crippen molar-refractivity contribution < 1.29 is 4.79 Å². The molecule has 1 rings (SSSR count). The van der Waals surface area contributed by atoms with E-state index in [1.54, 1.807) is 0 Å². The van der Waals surface area contributed by atoms with Gasteiger partial charge in [0.05, 0.1) is 0 Å². The van der Waals surface area contributed by atoms with Crippen molar-refractivity contribution in [2.45, 2.75) is 25.3 Å². The molecule has 0 saturated carbocycles. The third-order valence-electron chi connectivity index (χ3n) is 2.28. The van der Waals surface area contributed by atoms with Crippen LogP contribution in [0.3, 0.4) is 0 Å². The van der Waals surface area contributed by atoms with Gasteiger partial charge in [-0.1, -0.05) is 37.3 Å². The highest BCUT2D eigenvalue weighted by atomic mass is 35.5. The highest BCUT2D eigenvalue weighted by Gasteiger charge is 2.18. The number of rotatable bonds is 6. The predicted molar refractivity (Wildman–Crippen MR) is 75.6 cm³/mol. The summed E-state index contributed by atoms with van der Waals surface area (Å²) in [6, 6.07) is 9.55. The molecule has 0 aliphatic heterocycles. The minimum Gasteiger partial charge on any atom is -0.351 e. The standard InChI is InChI=1S/C13H18ClNOS/c1-3-17-9-10(2)15-13(16)12(14)11-7-5-4-6-8-11/h4-8,10,12H,3,9H2,1-2H3,(H,15,16). The quantitative estimate of drug-likeness (QED) is 0.805. The second-order valence-corrected chi connectivity index (χ2v) is 5.60. The van der Waals surface area contributed by atoms with Crippen molar-refractivity contribution in [3.8, 4) is 0 Å². The van der Waals surface area contributed by atoms with Gasteiger partial charge in [-0.15, -0.1) is 11.6 Å². The number of carbonyl (C=O) groups is 1. The maximum absolute atomic E-state index is 11.9. The zero-order valence-corrected chi connectivity index (χ0v) is 11.7. The third kappa shape index (κ3) is 5.00. The molecule has 1 aromatic rings. The van der Waals surface area contributed by atoms with Gasteiger partial charge in [-0.05, 0) is 18.2 Å². The Hall–Kier alpha value is -0.670. The number of alkyl halides is 1. The van der Waals surface area contributed by atoms with Crippen LogP contribution in [0.1, 0.15) is 24.8 Å². The highest BCUT2D eigenvalue weighted by Crippen LogP contribution is 2.20. The molecule has 0 heterocycles. The van der Waals surface area contributed by atoms with Crippen molar-refractivity contribution in [3.63, 3.8) is 0 Å². The summed E-state index contributed by atoms with van der Waals surface area (Å²) in [6.07, 6.45) is 0.